The van der Waals surface area contributed by atoms with Crippen LogP contribution in [0.5, 0.6) is 0 Å². The Morgan fingerprint density at radius 1 is 1.32 bits per heavy atom. The first-order chi connectivity index (χ1) is 8.82. The number of rotatable bonds is 3. The molecule has 0 spiro atoms. The van der Waals surface area contributed by atoms with Gasteiger partial charge in [0.2, 0.25) is 0 Å². The maximum absolute atomic E-state index is 12.0. The highest BCUT2D eigenvalue weighted by molar-refractivity contribution is 7.91. The Labute approximate surface area is 113 Å². The zero-order valence-electron chi connectivity index (χ0n) is 11.5. The standard InChI is InChI=1S/C11H21N5O2S/c1-8(2)16-10(12)9(19(3,17)18)11(14-16)15-6-4-13-5-7-15/h8,13H,4-7,12H2,1-3H3. The first-order valence-corrected chi connectivity index (χ1v) is 8.25. The Balaban J connectivity index is 2.55. The number of nitrogens with one attached hydrogen (secondary N) is 1. The highest BCUT2D eigenvalue weighted by atomic mass is 32.2. The fraction of sp³-hybridized carbons (Fsp3) is 0.727. The summed E-state index contributed by atoms with van der Waals surface area (Å²) in [5.74, 6) is 0.709. The van der Waals surface area contributed by atoms with E-state index in [4.69, 9.17) is 5.73 Å². The average Bonchev–Trinajstić information content (AvgIpc) is 2.68. The number of anilines is 2. The van der Waals surface area contributed by atoms with Crippen LogP contribution in [0.25, 0.3) is 0 Å². The molecule has 0 atom stereocenters. The number of hydrogen-bond acceptors (Lipinski definition) is 6. The highest BCUT2D eigenvalue weighted by Gasteiger charge is 2.29. The molecular formula is C11H21N5O2S. The minimum atomic E-state index is -3.40. The predicted octanol–water partition coefficient (Wildman–Crippen LogP) is -0.141. The molecule has 108 valence electrons. The largest absolute Gasteiger partial charge is 0.383 e. The normalized spacial score (nSPS) is 17.2. The molecule has 2 rings (SSSR count). The molecule has 3 N–H and O–H groups in total. The van der Waals surface area contributed by atoms with Gasteiger partial charge in [-0.2, -0.15) is 5.10 Å². The summed E-state index contributed by atoms with van der Waals surface area (Å²) >= 11 is 0. The molecule has 0 saturated carbocycles. The number of nitrogen functional groups attached to an aromatic ring is 1. The van der Waals surface area contributed by atoms with Crippen molar-refractivity contribution in [1.29, 1.82) is 0 Å². The second kappa shape index (κ2) is 5.01. The summed E-state index contributed by atoms with van der Waals surface area (Å²) in [6.07, 6.45) is 1.18. The minimum Gasteiger partial charge on any atom is -0.383 e. The lowest BCUT2D eigenvalue weighted by Crippen LogP contribution is -2.44. The van der Waals surface area contributed by atoms with E-state index in [1.165, 1.54) is 6.26 Å². The molecular weight excluding hydrogens is 266 g/mol. The number of nitrogens with two attached hydrogens (primary N) is 1. The fourth-order valence-corrected chi connectivity index (χ4v) is 3.23. The van der Waals surface area contributed by atoms with E-state index in [-0.39, 0.29) is 16.8 Å². The second-order valence-corrected chi connectivity index (χ2v) is 7.04. The van der Waals surface area contributed by atoms with Gasteiger partial charge in [-0.3, -0.25) is 0 Å². The SMILES string of the molecule is CC(C)n1nc(N2CCNCC2)c(S(C)(=O)=O)c1N. The zero-order valence-corrected chi connectivity index (χ0v) is 12.4. The topological polar surface area (TPSA) is 93.2 Å². The number of sulfone groups is 1. The molecule has 0 amide bonds. The maximum Gasteiger partial charge on any atom is 0.182 e. The van der Waals surface area contributed by atoms with Crippen LogP contribution in [-0.2, 0) is 9.84 Å². The van der Waals surface area contributed by atoms with Gasteiger partial charge in [-0.1, -0.05) is 0 Å². The van der Waals surface area contributed by atoms with E-state index in [1.807, 2.05) is 18.7 Å². The van der Waals surface area contributed by atoms with Gasteiger partial charge < -0.3 is 16.0 Å². The quantitative estimate of drug-likeness (QED) is 0.803. The van der Waals surface area contributed by atoms with Crippen molar-refractivity contribution in [3.8, 4) is 0 Å². The van der Waals surface area contributed by atoms with E-state index in [2.05, 4.69) is 10.4 Å². The molecule has 7 nitrogen and oxygen atoms in total. The number of hydrogen-bond donors (Lipinski definition) is 2. The van der Waals surface area contributed by atoms with Gasteiger partial charge in [0.15, 0.2) is 20.6 Å². The van der Waals surface area contributed by atoms with Gasteiger partial charge in [0, 0.05) is 38.5 Å². The first-order valence-electron chi connectivity index (χ1n) is 6.36. The summed E-state index contributed by atoms with van der Waals surface area (Å²) in [6, 6.07) is 0.0252. The van der Waals surface area contributed by atoms with Crippen LogP contribution >= 0.6 is 0 Å². The lowest BCUT2D eigenvalue weighted by Gasteiger charge is -2.27. The first kappa shape index (κ1) is 14.1. The van der Waals surface area contributed by atoms with Gasteiger partial charge in [0.25, 0.3) is 0 Å². The van der Waals surface area contributed by atoms with Crippen LogP contribution in [0.4, 0.5) is 11.6 Å². The molecule has 2 heterocycles. The van der Waals surface area contributed by atoms with Crippen molar-refractivity contribution in [2.45, 2.75) is 24.8 Å². The fourth-order valence-electron chi connectivity index (χ4n) is 2.25. The molecule has 0 aromatic carbocycles. The lowest BCUT2D eigenvalue weighted by atomic mass is 10.3. The molecule has 8 heteroatoms. The van der Waals surface area contributed by atoms with Gasteiger partial charge in [0.1, 0.15) is 5.82 Å². The summed E-state index contributed by atoms with van der Waals surface area (Å²) in [4.78, 5) is 2.13. The van der Waals surface area contributed by atoms with Crippen LogP contribution in [-0.4, -0.2) is 50.6 Å². The van der Waals surface area contributed by atoms with Crippen molar-refractivity contribution >= 4 is 21.5 Å². The third kappa shape index (κ3) is 2.69. The van der Waals surface area contributed by atoms with Crippen molar-refractivity contribution in [2.24, 2.45) is 0 Å². The van der Waals surface area contributed by atoms with E-state index < -0.39 is 9.84 Å². The molecule has 1 aliphatic heterocycles. The van der Waals surface area contributed by atoms with E-state index >= 15 is 0 Å². The minimum absolute atomic E-state index is 0.0252. The summed E-state index contributed by atoms with van der Waals surface area (Å²) < 4.78 is 25.5. The summed E-state index contributed by atoms with van der Waals surface area (Å²) in [5.41, 5.74) is 5.98. The van der Waals surface area contributed by atoms with Crippen LogP contribution in [0.3, 0.4) is 0 Å². The summed E-state index contributed by atoms with van der Waals surface area (Å²) in [7, 11) is -3.40. The van der Waals surface area contributed by atoms with Gasteiger partial charge in [0.05, 0.1) is 0 Å². The third-order valence-corrected chi connectivity index (χ3v) is 4.29. The predicted molar refractivity (Wildman–Crippen MR) is 75.2 cm³/mol. The van der Waals surface area contributed by atoms with Gasteiger partial charge >= 0.3 is 0 Å². The Bertz CT molecular complexity index is 558. The van der Waals surface area contributed by atoms with Crippen LogP contribution in [0, 0.1) is 0 Å². The zero-order chi connectivity index (χ0) is 14.2. The van der Waals surface area contributed by atoms with Crippen LogP contribution < -0.4 is 16.0 Å². The molecule has 1 saturated heterocycles. The lowest BCUT2D eigenvalue weighted by molar-refractivity contribution is 0.530. The molecule has 0 unspecified atom stereocenters. The smallest absolute Gasteiger partial charge is 0.182 e. The monoisotopic (exact) mass is 287 g/mol. The van der Waals surface area contributed by atoms with Crippen LogP contribution in [0.2, 0.25) is 0 Å². The van der Waals surface area contributed by atoms with Gasteiger partial charge in [-0.15, -0.1) is 0 Å². The van der Waals surface area contributed by atoms with Gasteiger partial charge in [-0.05, 0) is 13.8 Å². The summed E-state index contributed by atoms with van der Waals surface area (Å²) in [5, 5.41) is 7.64. The number of aromatic nitrogens is 2. The highest BCUT2D eigenvalue weighted by Crippen LogP contribution is 2.31. The van der Waals surface area contributed by atoms with Crippen molar-refractivity contribution in [2.75, 3.05) is 43.1 Å². The molecule has 1 aromatic heterocycles. The molecule has 19 heavy (non-hydrogen) atoms. The Morgan fingerprint density at radius 2 is 1.89 bits per heavy atom. The molecule has 0 bridgehead atoms. The average molecular weight is 287 g/mol. The molecule has 0 radical (unpaired) electrons. The Kier molecular flexibility index (Phi) is 3.73. The van der Waals surface area contributed by atoms with E-state index in [1.54, 1.807) is 4.68 Å². The van der Waals surface area contributed by atoms with Crippen molar-refractivity contribution < 1.29 is 8.42 Å². The molecule has 1 aromatic rings. The van der Waals surface area contributed by atoms with Crippen molar-refractivity contribution in [1.82, 2.24) is 15.1 Å². The van der Waals surface area contributed by atoms with Crippen molar-refractivity contribution in [3.63, 3.8) is 0 Å². The van der Waals surface area contributed by atoms with E-state index in [0.29, 0.717) is 5.82 Å². The third-order valence-electron chi connectivity index (χ3n) is 3.16. The molecule has 0 aliphatic carbocycles. The molecule has 1 aliphatic rings. The van der Waals surface area contributed by atoms with Crippen molar-refractivity contribution in [3.05, 3.63) is 0 Å². The van der Waals surface area contributed by atoms with Crippen LogP contribution in [0.15, 0.2) is 4.90 Å². The Hall–Kier alpha value is -1.28. The summed E-state index contributed by atoms with van der Waals surface area (Å²) in [6.45, 7) is 6.96. The van der Waals surface area contributed by atoms with Crippen LogP contribution in [0.1, 0.15) is 19.9 Å². The number of piperazine rings is 1. The van der Waals surface area contributed by atoms with Gasteiger partial charge in [-0.25, -0.2) is 13.1 Å². The second-order valence-electron chi connectivity index (χ2n) is 5.09. The van der Waals surface area contributed by atoms with E-state index in [0.717, 1.165) is 26.2 Å². The molecule has 1 fully saturated rings. The Morgan fingerprint density at radius 3 is 2.37 bits per heavy atom. The van der Waals surface area contributed by atoms with E-state index in [9.17, 15) is 8.42 Å². The number of nitrogens with zero attached hydrogens (tertiary/aromatic N) is 3. The maximum atomic E-state index is 12.0.